The molecule has 5 saturated heterocycles. The van der Waals surface area contributed by atoms with Gasteiger partial charge in [-0.05, 0) is 153 Å². The highest BCUT2D eigenvalue weighted by atomic mass is 16.3. The van der Waals surface area contributed by atoms with E-state index in [2.05, 4.69) is 4.90 Å². The summed E-state index contributed by atoms with van der Waals surface area (Å²) in [5.41, 5.74) is 5.89. The molecule has 5 atom stereocenters. The molecule has 10 aromatic rings. The summed E-state index contributed by atoms with van der Waals surface area (Å²) in [6, 6.07) is 89.0. The van der Waals surface area contributed by atoms with E-state index in [-0.39, 0.29) is 66.9 Å². The van der Waals surface area contributed by atoms with Crippen molar-refractivity contribution < 1.29 is 72.8 Å². The lowest BCUT2D eigenvalue weighted by atomic mass is 10.0. The van der Waals surface area contributed by atoms with Crippen molar-refractivity contribution in [3.63, 3.8) is 0 Å². The van der Waals surface area contributed by atoms with Crippen LogP contribution < -0.4 is 24.5 Å². The van der Waals surface area contributed by atoms with Crippen molar-refractivity contribution in [1.29, 1.82) is 0 Å². The van der Waals surface area contributed by atoms with Gasteiger partial charge in [0.25, 0.3) is 0 Å². The largest absolute Gasteiger partial charge is 0.387 e. The highest BCUT2D eigenvalue weighted by molar-refractivity contribution is 5.96. The Morgan fingerprint density at radius 3 is 0.692 bits per heavy atom. The Morgan fingerprint density at radius 1 is 0.262 bits per heavy atom. The van der Waals surface area contributed by atoms with Crippen molar-refractivity contribution in [2.45, 2.75) is 191 Å². The van der Waals surface area contributed by atoms with Crippen LogP contribution in [-0.4, -0.2) is 208 Å². The van der Waals surface area contributed by atoms with Crippen molar-refractivity contribution in [2.75, 3.05) is 123 Å². The number of aliphatic hydroxyl groups is 5. The number of aliphatic hydroxyl groups excluding tert-OH is 2. The van der Waals surface area contributed by atoms with Crippen LogP contribution in [0.1, 0.15) is 212 Å². The predicted molar refractivity (Wildman–Crippen MR) is 525 cm³/mol. The van der Waals surface area contributed by atoms with Crippen molar-refractivity contribution >= 4 is 58.0 Å². The van der Waals surface area contributed by atoms with Gasteiger partial charge in [-0.3, -0.25) is 24.0 Å². The van der Waals surface area contributed by atoms with Gasteiger partial charge in [-0.2, -0.15) is 0 Å². The van der Waals surface area contributed by atoms with Gasteiger partial charge < -0.3 is 74.5 Å². The first kappa shape index (κ1) is 77.9. The number of likely N-dealkylation sites (tertiary alicyclic amines) is 5. The van der Waals surface area contributed by atoms with Gasteiger partial charge in [0.1, 0.15) is 0 Å². The number of piperidine rings is 5. The quantitative estimate of drug-likeness (QED) is 0.0283. The monoisotopic (exact) mass is 1780 g/mol. The van der Waals surface area contributed by atoms with Gasteiger partial charge in [0, 0.05) is 208 Å². The predicted octanol–water partition coefficient (Wildman–Crippen LogP) is 18.1. The smallest absolute Gasteiger partial charge is 0.226 e. The van der Waals surface area contributed by atoms with E-state index in [4.69, 9.17) is 23.3 Å². The summed E-state index contributed by atoms with van der Waals surface area (Å²) in [5.74, 6) is -2.23. The molecule has 5 unspecified atom stereocenters. The molecular formula is C110H140N10O10. The van der Waals surface area contributed by atoms with Crippen molar-refractivity contribution in [2.24, 2.45) is 0 Å². The number of carbonyl (C=O) groups excluding carboxylic acids is 5. The number of hydrogen-bond acceptors (Lipinski definition) is 15. The van der Waals surface area contributed by atoms with E-state index >= 15 is 0 Å². The topological polar surface area (TPSA) is 219 Å². The molecule has 15 rings (SSSR count). The van der Waals surface area contributed by atoms with Crippen molar-refractivity contribution in [3.05, 3.63) is 331 Å². The minimum absolute atomic E-state index is 0.0348. The molecule has 5 N–H and O–H groups in total. The molecule has 0 aliphatic carbocycles. The SMILES string of the molecule is [2H]C(O)(c1ccccc1)C([2H])([2H])N1CCC(N(C(=O)CC)c2ccccc2)CC1.[2H]C([2H])(C)C(=O)N(c1ccccc1)C1CCN(C([2H])([2H])C(O)c2ccccc2)CC1.[2H]C([2H])(C)C(=O)N(c1ccccc1)C1CCN(C([2H])([2H])C([2H])(O)c2ccccc2)CC1.[2H]C([2H])(C)C(=O)N(c1ccccc1)C1CCN(CC(O)c2ccccc2)CC1.[2H]C([2H])(C)C(=O)N(c1ccccc1)C1CCN(CC([2H])(O)c2ccccc2)CC1. The fourth-order valence-corrected chi connectivity index (χ4v) is 17.0. The van der Waals surface area contributed by atoms with Crippen LogP contribution in [0.15, 0.2) is 303 Å². The van der Waals surface area contributed by atoms with E-state index in [1.54, 1.807) is 136 Å². The Hall–Kier alpha value is -10.9. The molecule has 0 saturated carbocycles. The zero-order chi connectivity index (χ0) is 107. The summed E-state index contributed by atoms with van der Waals surface area (Å²) in [7, 11) is 0. The Labute approximate surface area is 796 Å². The highest BCUT2D eigenvalue weighted by Gasteiger charge is 2.36. The number of para-hydroxylation sites is 5. The molecule has 5 heterocycles. The first-order valence-electron chi connectivity index (χ1n) is 53.8. The number of β-amino-alcohol motifs (C(OH)–C–C–N with tert-alkyl or cyclic N) is 5. The molecule has 5 amide bonds. The molecule has 5 fully saturated rings. The number of hydrogen-bond donors (Lipinski definition) is 5. The maximum absolute atomic E-state index is 12.9. The third kappa shape index (κ3) is 30.1. The van der Waals surface area contributed by atoms with E-state index in [1.165, 1.54) is 59.4 Å². The fourth-order valence-electron chi connectivity index (χ4n) is 17.0. The molecule has 0 radical (unpaired) electrons. The van der Waals surface area contributed by atoms with Crippen LogP contribution in [0.25, 0.3) is 0 Å². The number of benzene rings is 10. The number of amides is 5. The standard InChI is InChI=1S/5C22H28N2O2/c5*1-2-22(26)24(19-11-7-4-8-12-19)20-13-15-23(16-14-20)17-21(25)18-9-5-3-6-10-18/h5*3-12,20-21,25H,2,13-17H2,1H3/i2D2,17D2,21D;17D2,21D;2D2,21D;2D2,17D2;2D2. The number of carbonyl (C=O) groups is 5. The molecule has 0 spiro atoms. The average Bonchev–Trinajstić information content (AvgIpc) is 0.759. The molecule has 10 aromatic carbocycles. The Balaban J connectivity index is 0.000000175. The van der Waals surface area contributed by atoms with Gasteiger partial charge in [0.05, 0.1) is 34.6 Å². The number of rotatable bonds is 30. The lowest BCUT2D eigenvalue weighted by Crippen LogP contribution is -2.48. The first-order valence-corrected chi connectivity index (χ1v) is 45.3. The summed E-state index contributed by atoms with van der Waals surface area (Å²) in [6.07, 6.45) is -10.2. The number of anilines is 5. The van der Waals surface area contributed by atoms with Crippen LogP contribution in [0.3, 0.4) is 0 Å². The Kier molecular flexibility index (Phi) is 32.0. The van der Waals surface area contributed by atoms with E-state index in [0.29, 0.717) is 132 Å². The molecular weight excluding hydrogens is 1620 g/mol. The molecule has 5 aliphatic heterocycles. The summed E-state index contributed by atoms with van der Waals surface area (Å²) in [6.45, 7) is 5.76. The molecule has 0 aromatic heterocycles. The van der Waals surface area contributed by atoms with Crippen molar-refractivity contribution in [3.8, 4) is 0 Å². The third-order valence-electron chi connectivity index (χ3n) is 23.9. The van der Waals surface area contributed by atoms with Gasteiger partial charge in [-0.1, -0.05) is 277 Å². The minimum Gasteiger partial charge on any atom is -0.387 e. The summed E-state index contributed by atoms with van der Waals surface area (Å²) in [4.78, 5) is 80.8. The van der Waals surface area contributed by atoms with Gasteiger partial charge >= 0.3 is 0 Å². The summed E-state index contributed by atoms with van der Waals surface area (Å²) < 4.78 is 139. The Bertz CT molecular complexity index is 5710. The lowest BCUT2D eigenvalue weighted by molar-refractivity contribution is -0.119. The zero-order valence-corrected chi connectivity index (χ0v) is 75.4. The maximum atomic E-state index is 12.9. The molecule has 0 bridgehead atoms. The second kappa shape index (κ2) is 53.5. The fraction of sp³-hybridized carbons (Fsp3) is 0.409. The van der Waals surface area contributed by atoms with E-state index in [9.17, 15) is 49.5 Å². The van der Waals surface area contributed by atoms with Crippen LogP contribution in [-0.2, 0) is 24.0 Å². The van der Waals surface area contributed by atoms with Gasteiger partial charge in [0.2, 0.25) is 29.5 Å². The molecule has 20 heteroatoms. The summed E-state index contributed by atoms with van der Waals surface area (Å²) in [5, 5.41) is 53.2. The second-order valence-corrected chi connectivity index (χ2v) is 32.5. The maximum Gasteiger partial charge on any atom is 0.226 e. The molecule has 20 nitrogen and oxygen atoms in total. The van der Waals surface area contributed by atoms with Gasteiger partial charge in [-0.25, -0.2) is 0 Å². The lowest BCUT2D eigenvalue weighted by Gasteiger charge is -2.39. The van der Waals surface area contributed by atoms with Crippen molar-refractivity contribution in [1.82, 2.24) is 24.5 Å². The van der Waals surface area contributed by atoms with Crippen LogP contribution in [0.5, 0.6) is 0 Å². The first-order chi connectivity index (χ1) is 69.4. The minimum atomic E-state index is -2.46. The van der Waals surface area contributed by atoms with E-state index in [1.807, 2.05) is 187 Å². The van der Waals surface area contributed by atoms with Crippen LogP contribution in [0.4, 0.5) is 28.4 Å². The molecule has 690 valence electrons. The van der Waals surface area contributed by atoms with E-state index < -0.39 is 99.1 Å². The van der Waals surface area contributed by atoms with E-state index in [0.717, 1.165) is 42.9 Å². The Morgan fingerprint density at radius 2 is 0.454 bits per heavy atom. The van der Waals surface area contributed by atoms with Gasteiger partial charge in [0.15, 0.2) is 0 Å². The molecule has 5 aliphatic rings. The number of nitrogens with zero attached hydrogens (tertiary/aromatic N) is 10. The van der Waals surface area contributed by atoms with Crippen LogP contribution >= 0.6 is 0 Å². The zero-order valence-electron chi connectivity index (χ0n) is 92.4. The van der Waals surface area contributed by atoms with Gasteiger partial charge in [-0.15, -0.1) is 0 Å². The summed E-state index contributed by atoms with van der Waals surface area (Å²) >= 11 is 0. The molecule has 130 heavy (non-hydrogen) atoms. The normalized spacial score (nSPS) is 20.4. The second-order valence-electron chi connectivity index (χ2n) is 32.5. The van der Waals surface area contributed by atoms with Crippen LogP contribution in [0, 0.1) is 0 Å². The third-order valence-corrected chi connectivity index (χ3v) is 23.9. The van der Waals surface area contributed by atoms with Crippen LogP contribution in [0.2, 0.25) is 0 Å². The highest BCUT2D eigenvalue weighted by Crippen LogP contribution is 2.33. The average molecular weight is 1780 g/mol.